The number of nitrogens with zero attached hydrogens (tertiary/aromatic N) is 3. The molecule has 6 nitrogen and oxygen atoms in total. The molecule has 6 heteroatoms. The zero-order valence-electron chi connectivity index (χ0n) is 15.9. The van der Waals surface area contributed by atoms with Crippen LogP contribution in [0.4, 0.5) is 10.6 Å². The van der Waals surface area contributed by atoms with Gasteiger partial charge in [-0.15, -0.1) is 5.10 Å². The van der Waals surface area contributed by atoms with Crippen LogP contribution in [-0.4, -0.2) is 21.0 Å². The van der Waals surface area contributed by atoms with Gasteiger partial charge in [0.25, 0.3) is 0 Å². The zero-order chi connectivity index (χ0) is 19.2. The van der Waals surface area contributed by atoms with Crippen molar-refractivity contribution in [2.45, 2.75) is 39.3 Å². The van der Waals surface area contributed by atoms with Gasteiger partial charge >= 0.3 is 6.03 Å². The molecule has 2 amide bonds. The molecule has 1 atom stereocenters. The molecule has 2 aromatic carbocycles. The first kappa shape index (κ1) is 18.6. The molecule has 1 unspecified atom stereocenters. The highest BCUT2D eigenvalue weighted by Crippen LogP contribution is 2.18. The summed E-state index contributed by atoms with van der Waals surface area (Å²) < 4.78 is 1.69. The number of aromatic nitrogens is 3. The predicted octanol–water partition coefficient (Wildman–Crippen LogP) is 4.33. The van der Waals surface area contributed by atoms with Gasteiger partial charge in [0.15, 0.2) is 5.82 Å². The SMILES string of the molecule is CC(C)c1ccc(C(C)NC(=O)Nc2cn(Cc3ccccc3)nn2)cc1. The third-order valence-electron chi connectivity index (χ3n) is 4.42. The molecule has 1 aromatic heterocycles. The van der Waals surface area contributed by atoms with Gasteiger partial charge in [0.05, 0.1) is 18.8 Å². The Morgan fingerprint density at radius 1 is 1.00 bits per heavy atom. The summed E-state index contributed by atoms with van der Waals surface area (Å²) in [4.78, 5) is 12.2. The fraction of sp³-hybridized carbons (Fsp3) is 0.286. The van der Waals surface area contributed by atoms with E-state index in [9.17, 15) is 4.79 Å². The number of urea groups is 1. The summed E-state index contributed by atoms with van der Waals surface area (Å²) in [5.74, 6) is 0.912. The third-order valence-corrected chi connectivity index (χ3v) is 4.42. The van der Waals surface area contributed by atoms with Crippen LogP contribution < -0.4 is 10.6 Å². The summed E-state index contributed by atoms with van der Waals surface area (Å²) in [7, 11) is 0. The lowest BCUT2D eigenvalue weighted by atomic mass is 10.00. The first-order valence-electron chi connectivity index (χ1n) is 9.12. The maximum Gasteiger partial charge on any atom is 0.320 e. The standard InChI is InChI=1S/C21H25N5O/c1-15(2)18-9-11-19(12-10-18)16(3)22-21(27)23-20-14-26(25-24-20)13-17-7-5-4-6-8-17/h4-12,14-16H,13H2,1-3H3,(H2,22,23,27). The molecule has 3 rings (SSSR count). The first-order chi connectivity index (χ1) is 13.0. The van der Waals surface area contributed by atoms with E-state index in [1.807, 2.05) is 37.3 Å². The Labute approximate surface area is 159 Å². The van der Waals surface area contributed by atoms with Crippen molar-refractivity contribution in [3.8, 4) is 0 Å². The minimum atomic E-state index is -0.304. The Morgan fingerprint density at radius 2 is 1.67 bits per heavy atom. The highest BCUT2D eigenvalue weighted by atomic mass is 16.2. The van der Waals surface area contributed by atoms with Crippen molar-refractivity contribution in [1.29, 1.82) is 0 Å². The molecule has 0 radical (unpaired) electrons. The summed E-state index contributed by atoms with van der Waals surface area (Å²) in [6.45, 7) is 6.89. The van der Waals surface area contributed by atoms with E-state index >= 15 is 0 Å². The van der Waals surface area contributed by atoms with Gasteiger partial charge in [-0.1, -0.05) is 73.7 Å². The molecule has 3 aromatic rings. The van der Waals surface area contributed by atoms with Crippen LogP contribution in [0.1, 0.15) is 49.4 Å². The van der Waals surface area contributed by atoms with E-state index in [-0.39, 0.29) is 12.1 Å². The molecule has 0 spiro atoms. The van der Waals surface area contributed by atoms with Crippen LogP contribution in [0.25, 0.3) is 0 Å². The number of amides is 2. The largest absolute Gasteiger partial charge is 0.331 e. The molecule has 140 valence electrons. The number of carbonyl (C=O) groups is 1. The van der Waals surface area contributed by atoms with Gasteiger partial charge in [0.1, 0.15) is 0 Å². The van der Waals surface area contributed by atoms with Gasteiger partial charge in [-0.25, -0.2) is 9.48 Å². The summed E-state index contributed by atoms with van der Waals surface area (Å²) in [6.07, 6.45) is 1.72. The maximum absolute atomic E-state index is 12.2. The van der Waals surface area contributed by atoms with Crippen LogP contribution in [0.2, 0.25) is 0 Å². The smallest absolute Gasteiger partial charge is 0.320 e. The Kier molecular flexibility index (Phi) is 5.86. The summed E-state index contributed by atoms with van der Waals surface area (Å²) in [5.41, 5.74) is 3.46. The average Bonchev–Trinajstić information content (AvgIpc) is 3.09. The van der Waals surface area contributed by atoms with Crippen molar-refractivity contribution in [3.05, 3.63) is 77.5 Å². The number of nitrogens with one attached hydrogen (secondary N) is 2. The van der Waals surface area contributed by atoms with Crippen LogP contribution in [0.15, 0.2) is 60.8 Å². The second kappa shape index (κ2) is 8.49. The second-order valence-electron chi connectivity index (χ2n) is 6.93. The number of hydrogen-bond donors (Lipinski definition) is 2. The van der Waals surface area contributed by atoms with Crippen molar-refractivity contribution < 1.29 is 4.79 Å². The lowest BCUT2D eigenvalue weighted by Crippen LogP contribution is -2.31. The highest BCUT2D eigenvalue weighted by Gasteiger charge is 2.12. The minimum Gasteiger partial charge on any atom is -0.331 e. The van der Waals surface area contributed by atoms with Crippen molar-refractivity contribution in [2.24, 2.45) is 0 Å². The maximum atomic E-state index is 12.2. The fourth-order valence-electron chi connectivity index (χ4n) is 2.81. The first-order valence-corrected chi connectivity index (χ1v) is 9.12. The van der Waals surface area contributed by atoms with Gasteiger partial charge in [-0.3, -0.25) is 5.32 Å². The van der Waals surface area contributed by atoms with Gasteiger partial charge < -0.3 is 5.32 Å². The fourth-order valence-corrected chi connectivity index (χ4v) is 2.81. The molecule has 1 heterocycles. The Balaban J connectivity index is 1.54. The summed E-state index contributed by atoms with van der Waals surface area (Å²) in [5, 5.41) is 13.7. The van der Waals surface area contributed by atoms with E-state index in [0.29, 0.717) is 18.3 Å². The average molecular weight is 363 g/mol. The van der Waals surface area contributed by atoms with E-state index in [0.717, 1.165) is 11.1 Å². The molecular weight excluding hydrogens is 338 g/mol. The summed E-state index contributed by atoms with van der Waals surface area (Å²) in [6, 6.07) is 17.9. The van der Waals surface area contributed by atoms with Gasteiger partial charge in [-0.2, -0.15) is 0 Å². The van der Waals surface area contributed by atoms with Gasteiger partial charge in [0.2, 0.25) is 0 Å². The Bertz CT molecular complexity index is 871. The molecule has 0 fully saturated rings. The molecule has 0 bridgehead atoms. The predicted molar refractivity (Wildman–Crippen MR) is 107 cm³/mol. The third kappa shape index (κ3) is 5.17. The van der Waals surface area contributed by atoms with Crippen molar-refractivity contribution >= 4 is 11.8 Å². The summed E-state index contributed by atoms with van der Waals surface area (Å²) >= 11 is 0. The highest BCUT2D eigenvalue weighted by molar-refractivity contribution is 5.88. The van der Waals surface area contributed by atoms with Crippen LogP contribution in [0.3, 0.4) is 0 Å². The van der Waals surface area contributed by atoms with Crippen LogP contribution in [0.5, 0.6) is 0 Å². The molecular formula is C21H25N5O. The zero-order valence-corrected chi connectivity index (χ0v) is 15.9. The van der Waals surface area contributed by atoms with Crippen molar-refractivity contribution in [1.82, 2.24) is 20.3 Å². The normalized spacial score (nSPS) is 12.0. The number of rotatable bonds is 6. The number of benzene rings is 2. The molecule has 0 aliphatic rings. The van der Waals surface area contributed by atoms with Crippen molar-refractivity contribution in [2.75, 3.05) is 5.32 Å². The Hall–Kier alpha value is -3.15. The molecule has 0 aliphatic carbocycles. The van der Waals surface area contributed by atoms with E-state index < -0.39 is 0 Å². The van der Waals surface area contributed by atoms with E-state index in [1.165, 1.54) is 5.56 Å². The van der Waals surface area contributed by atoms with Crippen LogP contribution >= 0.6 is 0 Å². The van der Waals surface area contributed by atoms with Crippen molar-refractivity contribution in [3.63, 3.8) is 0 Å². The number of anilines is 1. The Morgan fingerprint density at radius 3 is 2.33 bits per heavy atom. The number of carbonyl (C=O) groups excluding carboxylic acids is 1. The molecule has 0 saturated carbocycles. The minimum absolute atomic E-state index is 0.106. The van der Waals surface area contributed by atoms with E-state index in [2.05, 4.69) is 59.1 Å². The molecule has 0 aliphatic heterocycles. The van der Waals surface area contributed by atoms with Crippen LogP contribution in [0, 0.1) is 0 Å². The molecule has 0 saturated heterocycles. The van der Waals surface area contributed by atoms with Crippen LogP contribution in [-0.2, 0) is 6.54 Å². The molecule has 2 N–H and O–H groups in total. The van der Waals surface area contributed by atoms with Gasteiger partial charge in [0, 0.05) is 0 Å². The lowest BCUT2D eigenvalue weighted by Gasteiger charge is -2.15. The topological polar surface area (TPSA) is 71.8 Å². The monoisotopic (exact) mass is 363 g/mol. The lowest BCUT2D eigenvalue weighted by molar-refractivity contribution is 0.249. The quantitative estimate of drug-likeness (QED) is 0.684. The second-order valence-corrected chi connectivity index (χ2v) is 6.93. The van der Waals surface area contributed by atoms with E-state index in [4.69, 9.17) is 0 Å². The number of hydrogen-bond acceptors (Lipinski definition) is 3. The van der Waals surface area contributed by atoms with Gasteiger partial charge in [-0.05, 0) is 29.5 Å². The molecule has 27 heavy (non-hydrogen) atoms. The van der Waals surface area contributed by atoms with E-state index in [1.54, 1.807) is 10.9 Å².